The number of hydrogen-bond donors (Lipinski definition) is 5. The molecule has 3 rings (SSSR count). The van der Waals surface area contributed by atoms with Gasteiger partial charge in [0.1, 0.15) is 23.3 Å². The summed E-state index contributed by atoms with van der Waals surface area (Å²) in [7, 11) is 0. The van der Waals surface area contributed by atoms with Gasteiger partial charge in [-0.25, -0.2) is 9.37 Å². The summed E-state index contributed by atoms with van der Waals surface area (Å²) in [5.74, 6) is -0.846. The van der Waals surface area contributed by atoms with Gasteiger partial charge in [-0.2, -0.15) is 0 Å². The van der Waals surface area contributed by atoms with Crippen LogP contribution in [-0.2, 0) is 4.79 Å². The van der Waals surface area contributed by atoms with Crippen LogP contribution in [0.1, 0.15) is 31.2 Å². The number of anilines is 1. The highest BCUT2D eigenvalue weighted by Gasteiger charge is 2.38. The Morgan fingerprint density at radius 1 is 1.37 bits per heavy atom. The smallest absolute Gasteiger partial charge is 0.255 e. The van der Waals surface area contributed by atoms with E-state index in [9.17, 15) is 24.5 Å². The zero-order valence-electron chi connectivity index (χ0n) is 14.8. The summed E-state index contributed by atoms with van der Waals surface area (Å²) < 4.78 is 13.3. The van der Waals surface area contributed by atoms with Gasteiger partial charge >= 0.3 is 0 Å². The van der Waals surface area contributed by atoms with Gasteiger partial charge in [0.25, 0.3) is 5.91 Å². The number of aliphatic hydroxyl groups excluding tert-OH is 4. The fraction of sp³-hybridized carbons (Fsp3) is 0.556. The number of nitrogens with one attached hydrogen (secondary N) is 1. The van der Waals surface area contributed by atoms with Crippen LogP contribution in [0.25, 0.3) is 5.76 Å². The van der Waals surface area contributed by atoms with Crippen LogP contribution in [0, 0.1) is 0 Å². The van der Waals surface area contributed by atoms with Crippen LogP contribution in [0.4, 0.5) is 10.2 Å². The lowest BCUT2D eigenvalue weighted by molar-refractivity contribution is -0.119. The first kappa shape index (κ1) is 19.5. The molecule has 1 aliphatic heterocycles. The molecule has 1 saturated carbocycles. The largest absolute Gasteiger partial charge is 0.507 e. The molecule has 1 amide bonds. The first-order valence-electron chi connectivity index (χ1n) is 8.99. The van der Waals surface area contributed by atoms with Crippen LogP contribution in [0.15, 0.2) is 23.9 Å². The number of halogens is 1. The number of β-amino-alcohol motifs (C(OH)–C–C–N with tert-alkyl or cyclic N) is 1. The Kier molecular flexibility index (Phi) is 5.93. The van der Waals surface area contributed by atoms with Gasteiger partial charge in [0.2, 0.25) is 0 Å². The van der Waals surface area contributed by atoms with Crippen molar-refractivity contribution in [1.29, 1.82) is 0 Å². The van der Waals surface area contributed by atoms with Gasteiger partial charge in [-0.3, -0.25) is 4.79 Å². The molecule has 2 atom stereocenters. The van der Waals surface area contributed by atoms with Gasteiger partial charge in [-0.15, -0.1) is 0 Å². The molecule has 1 fully saturated rings. The molecule has 5 N–H and O–H groups in total. The van der Waals surface area contributed by atoms with Crippen molar-refractivity contribution in [2.45, 2.75) is 50.2 Å². The van der Waals surface area contributed by atoms with Crippen LogP contribution >= 0.6 is 0 Å². The van der Waals surface area contributed by atoms with Crippen molar-refractivity contribution in [1.82, 2.24) is 10.3 Å². The number of carbonyl (C=O) groups is 1. The third kappa shape index (κ3) is 4.05. The molecule has 8 nitrogen and oxygen atoms in total. The molecule has 1 aliphatic carbocycles. The highest BCUT2D eigenvalue weighted by atomic mass is 19.1. The van der Waals surface area contributed by atoms with E-state index in [0.717, 1.165) is 0 Å². The zero-order chi connectivity index (χ0) is 19.6. The van der Waals surface area contributed by atoms with Crippen LogP contribution < -0.4 is 10.2 Å². The van der Waals surface area contributed by atoms with Gasteiger partial charge in [0, 0.05) is 12.2 Å². The molecule has 0 saturated heterocycles. The zero-order valence-corrected chi connectivity index (χ0v) is 14.8. The number of alkyl halides is 1. The monoisotopic (exact) mass is 381 g/mol. The molecule has 0 bridgehead atoms. The highest BCUT2D eigenvalue weighted by Crippen LogP contribution is 2.35. The van der Waals surface area contributed by atoms with Gasteiger partial charge in [0.05, 0.1) is 24.8 Å². The molecule has 2 heterocycles. The van der Waals surface area contributed by atoms with Crippen LogP contribution in [0.3, 0.4) is 0 Å². The van der Waals surface area contributed by atoms with Gasteiger partial charge in [-0.1, -0.05) is 0 Å². The normalized spacial score (nSPS) is 26.5. The van der Waals surface area contributed by atoms with E-state index in [-0.39, 0.29) is 29.5 Å². The molecule has 1 aromatic rings. The second kappa shape index (κ2) is 8.20. The van der Waals surface area contributed by atoms with E-state index in [1.54, 1.807) is 12.1 Å². The molecule has 148 valence electrons. The Bertz CT molecular complexity index is 721. The molecule has 1 aromatic heterocycles. The number of aromatic nitrogens is 1. The van der Waals surface area contributed by atoms with E-state index in [0.29, 0.717) is 25.7 Å². The second-order valence-electron chi connectivity index (χ2n) is 6.92. The summed E-state index contributed by atoms with van der Waals surface area (Å²) in [4.78, 5) is 18.1. The predicted octanol–water partition coefficient (Wildman–Crippen LogP) is 0.239. The minimum absolute atomic E-state index is 0.182. The molecule has 2 aliphatic rings. The first-order chi connectivity index (χ1) is 12.9. The van der Waals surface area contributed by atoms with Crippen molar-refractivity contribution in [3.8, 4) is 0 Å². The SMILES string of the molecule is O=C(N[C@H]1CC[C@@H](F)CC1)C1=C(O)c2cccnc2N(CC(O)CO)C1O. The Balaban J connectivity index is 1.87. The number of rotatable bonds is 5. The summed E-state index contributed by atoms with van der Waals surface area (Å²) in [6, 6.07) is 2.89. The average Bonchev–Trinajstić information content (AvgIpc) is 2.67. The lowest BCUT2D eigenvalue weighted by atomic mass is 9.93. The van der Waals surface area contributed by atoms with Crippen molar-refractivity contribution in [2.24, 2.45) is 0 Å². The average molecular weight is 381 g/mol. The number of fused-ring (bicyclic) bond motifs is 1. The minimum Gasteiger partial charge on any atom is -0.507 e. The number of pyridine rings is 1. The Morgan fingerprint density at radius 2 is 2.07 bits per heavy atom. The number of nitrogens with zero attached hydrogens (tertiary/aromatic N) is 2. The molecule has 0 spiro atoms. The van der Waals surface area contributed by atoms with E-state index in [2.05, 4.69) is 10.3 Å². The first-order valence-corrected chi connectivity index (χ1v) is 8.99. The Morgan fingerprint density at radius 3 is 2.74 bits per heavy atom. The van der Waals surface area contributed by atoms with E-state index in [1.165, 1.54) is 11.1 Å². The lowest BCUT2D eigenvalue weighted by Crippen LogP contribution is -2.50. The fourth-order valence-corrected chi connectivity index (χ4v) is 3.51. The third-order valence-corrected chi connectivity index (χ3v) is 4.98. The molecular weight excluding hydrogens is 357 g/mol. The van der Waals surface area contributed by atoms with Crippen LogP contribution in [0.5, 0.6) is 0 Å². The van der Waals surface area contributed by atoms with Crippen molar-refractivity contribution < 1.29 is 29.6 Å². The van der Waals surface area contributed by atoms with Crippen molar-refractivity contribution >= 4 is 17.5 Å². The number of carbonyl (C=O) groups excluding carboxylic acids is 1. The van der Waals surface area contributed by atoms with Gasteiger partial charge < -0.3 is 30.6 Å². The van der Waals surface area contributed by atoms with Gasteiger partial charge in [-0.05, 0) is 37.8 Å². The van der Waals surface area contributed by atoms with E-state index >= 15 is 0 Å². The quantitative estimate of drug-likeness (QED) is 0.495. The summed E-state index contributed by atoms with van der Waals surface area (Å²) in [5, 5.41) is 42.9. The summed E-state index contributed by atoms with van der Waals surface area (Å²) in [6.45, 7) is -0.714. The Labute approximate surface area is 156 Å². The topological polar surface area (TPSA) is 126 Å². The van der Waals surface area contributed by atoms with Crippen molar-refractivity contribution in [3.05, 3.63) is 29.5 Å². The fourth-order valence-electron chi connectivity index (χ4n) is 3.51. The summed E-state index contributed by atoms with van der Waals surface area (Å²) in [5.41, 5.74) is -0.0198. The predicted molar refractivity (Wildman–Crippen MR) is 95.5 cm³/mol. The number of amides is 1. The van der Waals surface area contributed by atoms with Crippen LogP contribution in [0.2, 0.25) is 0 Å². The van der Waals surface area contributed by atoms with E-state index in [4.69, 9.17) is 5.11 Å². The third-order valence-electron chi connectivity index (χ3n) is 4.98. The molecule has 9 heteroatoms. The van der Waals surface area contributed by atoms with E-state index in [1.807, 2.05) is 0 Å². The molecule has 27 heavy (non-hydrogen) atoms. The molecule has 0 aromatic carbocycles. The number of hydrogen-bond acceptors (Lipinski definition) is 7. The molecule has 0 radical (unpaired) electrons. The highest BCUT2D eigenvalue weighted by molar-refractivity contribution is 6.03. The lowest BCUT2D eigenvalue weighted by Gasteiger charge is -2.37. The second-order valence-corrected chi connectivity index (χ2v) is 6.92. The van der Waals surface area contributed by atoms with Gasteiger partial charge in [0.15, 0.2) is 6.23 Å². The van der Waals surface area contributed by atoms with Crippen molar-refractivity contribution in [2.75, 3.05) is 18.1 Å². The molecule has 2 unspecified atom stereocenters. The maximum atomic E-state index is 13.3. The van der Waals surface area contributed by atoms with Crippen LogP contribution in [-0.4, -0.2) is 69.0 Å². The van der Waals surface area contributed by atoms with E-state index < -0.39 is 36.8 Å². The standard InChI is InChI=1S/C18H24FN3O5/c19-10-3-5-11(6-4-10)21-17(26)14-15(25)13-2-1-7-20-16(13)22(18(14)27)8-12(24)9-23/h1-2,7,10-12,18,23-25,27H,3-6,8-9H2,(H,21,26)/t10-,11+,12?,18?. The Hall–Kier alpha value is -2.23. The number of aliphatic hydroxyl groups is 4. The summed E-state index contributed by atoms with van der Waals surface area (Å²) >= 11 is 0. The summed E-state index contributed by atoms with van der Waals surface area (Å²) in [6.07, 6.45) is -0.424. The molecular formula is C18H24FN3O5. The van der Waals surface area contributed by atoms with Crippen molar-refractivity contribution in [3.63, 3.8) is 0 Å². The maximum Gasteiger partial charge on any atom is 0.255 e. The minimum atomic E-state index is -1.55. The maximum absolute atomic E-state index is 13.3.